The van der Waals surface area contributed by atoms with Crippen molar-refractivity contribution in [3.8, 4) is 0 Å². The maximum atomic E-state index is 11.4. The maximum Gasteiger partial charge on any atom is 0.314 e. The molecule has 122 valence electrons. The summed E-state index contributed by atoms with van der Waals surface area (Å²) in [6.45, 7) is 1.65. The number of nitro benzene ring substituents is 1. The normalized spacial score (nSPS) is 16.7. The second-order valence-corrected chi connectivity index (χ2v) is 5.70. The lowest BCUT2D eigenvalue weighted by molar-refractivity contribution is -0.385. The summed E-state index contributed by atoms with van der Waals surface area (Å²) >= 11 is 0. The summed E-state index contributed by atoms with van der Waals surface area (Å²) in [6, 6.07) is 2.79. The molecule has 1 aromatic carbocycles. The minimum atomic E-state index is -0.843. The molecule has 9 heteroatoms. The highest BCUT2D eigenvalue weighted by atomic mass is 16.6. The van der Waals surface area contributed by atoms with E-state index in [1.54, 1.807) is 0 Å². The lowest BCUT2D eigenvalue weighted by Gasteiger charge is -2.29. The average Bonchev–Trinajstić information content (AvgIpc) is 2.50. The highest BCUT2D eigenvalue weighted by Gasteiger charge is 2.22. The molecular formula is C14H16N4O5. The van der Waals surface area contributed by atoms with Crippen LogP contribution in [0.5, 0.6) is 0 Å². The number of hydrogen-bond donors (Lipinski definition) is 3. The van der Waals surface area contributed by atoms with Crippen LogP contribution in [0.4, 0.5) is 5.69 Å². The van der Waals surface area contributed by atoms with Crippen LogP contribution in [0.2, 0.25) is 0 Å². The topological polar surface area (TPSA) is 132 Å². The summed E-state index contributed by atoms with van der Waals surface area (Å²) in [7, 11) is 0. The SMILES string of the molecule is O=c1[nH]c2cc(CN3CCC(O)CC3)c([N+](=O)[O-])cc2[nH]c1=O. The summed E-state index contributed by atoms with van der Waals surface area (Å²) in [4.78, 5) is 40.3. The molecule has 0 unspecified atom stereocenters. The summed E-state index contributed by atoms with van der Waals surface area (Å²) < 4.78 is 0. The molecular weight excluding hydrogens is 304 g/mol. The van der Waals surface area contributed by atoms with E-state index in [-0.39, 0.29) is 17.3 Å². The van der Waals surface area contributed by atoms with Crippen molar-refractivity contribution in [3.63, 3.8) is 0 Å². The van der Waals surface area contributed by atoms with Crippen molar-refractivity contribution in [1.29, 1.82) is 0 Å². The Morgan fingerprint density at radius 2 is 1.74 bits per heavy atom. The summed E-state index contributed by atoms with van der Waals surface area (Å²) in [5.74, 6) is 0. The molecule has 0 amide bonds. The second-order valence-electron chi connectivity index (χ2n) is 5.70. The number of rotatable bonds is 3. The molecule has 0 bridgehead atoms. The maximum absolute atomic E-state index is 11.4. The first-order valence-corrected chi connectivity index (χ1v) is 7.28. The molecule has 9 nitrogen and oxygen atoms in total. The quantitative estimate of drug-likeness (QED) is 0.417. The van der Waals surface area contributed by atoms with Crippen LogP contribution in [0.3, 0.4) is 0 Å². The third kappa shape index (κ3) is 3.15. The number of H-pyrrole nitrogens is 2. The molecule has 1 saturated heterocycles. The zero-order valence-electron chi connectivity index (χ0n) is 12.2. The molecule has 23 heavy (non-hydrogen) atoms. The van der Waals surface area contributed by atoms with Gasteiger partial charge in [-0.05, 0) is 18.9 Å². The van der Waals surface area contributed by atoms with Crippen molar-refractivity contribution < 1.29 is 10.0 Å². The minimum Gasteiger partial charge on any atom is -0.393 e. The number of nitrogens with zero attached hydrogens (tertiary/aromatic N) is 2. The number of likely N-dealkylation sites (tertiary alicyclic amines) is 1. The van der Waals surface area contributed by atoms with E-state index in [2.05, 4.69) is 9.97 Å². The van der Waals surface area contributed by atoms with Crippen LogP contribution in [0.15, 0.2) is 21.7 Å². The Morgan fingerprint density at radius 1 is 1.17 bits per heavy atom. The van der Waals surface area contributed by atoms with Gasteiger partial charge in [0.1, 0.15) is 0 Å². The first-order valence-electron chi connectivity index (χ1n) is 7.28. The number of nitrogens with one attached hydrogen (secondary N) is 2. The molecule has 0 aliphatic carbocycles. The predicted octanol–water partition coefficient (Wildman–Crippen LogP) is 0.0813. The van der Waals surface area contributed by atoms with Gasteiger partial charge in [0.2, 0.25) is 0 Å². The molecule has 3 N–H and O–H groups in total. The van der Waals surface area contributed by atoms with E-state index >= 15 is 0 Å². The smallest absolute Gasteiger partial charge is 0.314 e. The molecule has 2 aromatic rings. The van der Waals surface area contributed by atoms with Crippen LogP contribution in [-0.4, -0.2) is 44.1 Å². The van der Waals surface area contributed by atoms with E-state index in [9.17, 15) is 24.8 Å². The van der Waals surface area contributed by atoms with E-state index in [1.807, 2.05) is 4.90 Å². The fourth-order valence-electron chi connectivity index (χ4n) is 2.81. The van der Waals surface area contributed by atoms with Gasteiger partial charge in [-0.2, -0.15) is 0 Å². The first-order chi connectivity index (χ1) is 10.9. The number of nitro groups is 1. The van der Waals surface area contributed by atoms with Crippen molar-refractivity contribution in [3.05, 3.63) is 48.5 Å². The van der Waals surface area contributed by atoms with Gasteiger partial charge in [0.25, 0.3) is 5.69 Å². The lowest BCUT2D eigenvalue weighted by atomic mass is 10.1. The molecule has 0 spiro atoms. The predicted molar refractivity (Wildman–Crippen MR) is 82.4 cm³/mol. The Bertz CT molecular complexity index is 864. The molecule has 1 fully saturated rings. The molecule has 2 heterocycles. The van der Waals surface area contributed by atoms with Gasteiger partial charge in [-0.25, -0.2) is 0 Å². The number of piperidine rings is 1. The van der Waals surface area contributed by atoms with E-state index in [0.717, 1.165) is 0 Å². The van der Waals surface area contributed by atoms with Crippen LogP contribution in [0.25, 0.3) is 11.0 Å². The van der Waals surface area contributed by atoms with Crippen LogP contribution >= 0.6 is 0 Å². The van der Waals surface area contributed by atoms with E-state index in [1.165, 1.54) is 12.1 Å². The Labute approximate surface area is 129 Å². The molecule has 3 rings (SSSR count). The Balaban J connectivity index is 2.02. The van der Waals surface area contributed by atoms with Crippen LogP contribution < -0.4 is 11.1 Å². The number of aliphatic hydroxyl groups excluding tert-OH is 1. The molecule has 1 aliphatic rings. The third-order valence-electron chi connectivity index (χ3n) is 4.07. The zero-order valence-corrected chi connectivity index (χ0v) is 12.2. The van der Waals surface area contributed by atoms with Crippen LogP contribution in [-0.2, 0) is 6.54 Å². The number of hydrogen-bond acceptors (Lipinski definition) is 6. The standard InChI is InChI=1S/C14H16N4O5/c19-9-1-3-17(4-2-9)7-8-5-10-11(6-12(8)18(22)23)16-14(21)13(20)15-10/h5-6,9,19H,1-4,7H2,(H,15,20)(H,16,21). The number of benzene rings is 1. The number of aromatic amines is 2. The van der Waals surface area contributed by atoms with Crippen LogP contribution in [0, 0.1) is 10.1 Å². The zero-order chi connectivity index (χ0) is 16.6. The van der Waals surface area contributed by atoms with Gasteiger partial charge in [-0.15, -0.1) is 0 Å². The minimum absolute atomic E-state index is 0.105. The van der Waals surface area contributed by atoms with E-state index < -0.39 is 16.0 Å². The van der Waals surface area contributed by atoms with E-state index in [4.69, 9.17) is 0 Å². The molecule has 1 aliphatic heterocycles. The Kier molecular flexibility index (Phi) is 3.97. The van der Waals surface area contributed by atoms with Gasteiger partial charge in [0.15, 0.2) is 0 Å². The average molecular weight is 320 g/mol. The largest absolute Gasteiger partial charge is 0.393 e. The number of fused-ring (bicyclic) bond motifs is 1. The Morgan fingerprint density at radius 3 is 2.30 bits per heavy atom. The molecule has 1 aromatic heterocycles. The third-order valence-corrected chi connectivity index (χ3v) is 4.07. The number of aromatic nitrogens is 2. The lowest BCUT2D eigenvalue weighted by Crippen LogP contribution is -2.35. The van der Waals surface area contributed by atoms with Gasteiger partial charge in [-0.1, -0.05) is 0 Å². The van der Waals surface area contributed by atoms with Crippen LogP contribution in [0.1, 0.15) is 18.4 Å². The molecule has 0 atom stereocenters. The molecule has 0 saturated carbocycles. The van der Waals surface area contributed by atoms with Gasteiger partial charge < -0.3 is 15.1 Å². The highest BCUT2D eigenvalue weighted by molar-refractivity contribution is 5.78. The summed E-state index contributed by atoms with van der Waals surface area (Å²) in [5.41, 5.74) is -0.706. The monoisotopic (exact) mass is 320 g/mol. The van der Waals surface area contributed by atoms with Crippen molar-refractivity contribution in [2.24, 2.45) is 0 Å². The van der Waals surface area contributed by atoms with Gasteiger partial charge in [0.05, 0.1) is 22.1 Å². The van der Waals surface area contributed by atoms with Gasteiger partial charge >= 0.3 is 11.1 Å². The van der Waals surface area contributed by atoms with Crippen molar-refractivity contribution in [1.82, 2.24) is 14.9 Å². The molecule has 0 radical (unpaired) electrons. The van der Waals surface area contributed by atoms with Crippen molar-refractivity contribution >= 4 is 16.7 Å². The number of aliphatic hydroxyl groups is 1. The van der Waals surface area contributed by atoms with Gasteiger partial charge in [0, 0.05) is 31.3 Å². The van der Waals surface area contributed by atoms with Gasteiger partial charge in [-0.3, -0.25) is 24.6 Å². The van der Waals surface area contributed by atoms with Crippen molar-refractivity contribution in [2.45, 2.75) is 25.5 Å². The summed E-state index contributed by atoms with van der Waals surface area (Å²) in [6.07, 6.45) is 0.941. The first kappa shape index (κ1) is 15.4. The van der Waals surface area contributed by atoms with Crippen molar-refractivity contribution in [2.75, 3.05) is 13.1 Å². The Hall–Kier alpha value is -2.52. The fourth-order valence-corrected chi connectivity index (χ4v) is 2.81. The second kappa shape index (κ2) is 5.94. The highest BCUT2D eigenvalue weighted by Crippen LogP contribution is 2.25. The summed E-state index contributed by atoms with van der Waals surface area (Å²) in [5, 5.41) is 20.8. The fraction of sp³-hybridized carbons (Fsp3) is 0.429. The van der Waals surface area contributed by atoms with E-state index in [0.29, 0.717) is 43.6 Å².